The molecule has 0 spiro atoms. The van der Waals surface area contributed by atoms with Crippen molar-refractivity contribution in [1.82, 2.24) is 19.1 Å². The summed E-state index contributed by atoms with van der Waals surface area (Å²) < 4.78 is 85.7. The zero-order chi connectivity index (χ0) is 34.7. The first-order valence-electron chi connectivity index (χ1n) is 15.0. The number of anilines is 1. The normalized spacial score (nSPS) is 19.6. The van der Waals surface area contributed by atoms with Crippen LogP contribution in [-0.4, -0.2) is 71.1 Å². The van der Waals surface area contributed by atoms with Gasteiger partial charge in [0, 0.05) is 42.7 Å². The summed E-state index contributed by atoms with van der Waals surface area (Å²) in [7, 11) is -3.77. The summed E-state index contributed by atoms with van der Waals surface area (Å²) in [6.07, 6.45) is 1.31. The van der Waals surface area contributed by atoms with E-state index in [1.807, 2.05) is 0 Å². The molecule has 1 saturated heterocycles. The maximum Gasteiger partial charge on any atom is 0.257 e. The van der Waals surface area contributed by atoms with Gasteiger partial charge in [-0.05, 0) is 68.0 Å². The van der Waals surface area contributed by atoms with Crippen LogP contribution in [-0.2, 0) is 21.2 Å². The Bertz CT molecular complexity index is 1840. The lowest BCUT2D eigenvalue weighted by Crippen LogP contribution is -2.63. The fourth-order valence-corrected chi connectivity index (χ4v) is 8.42. The van der Waals surface area contributed by atoms with Crippen molar-refractivity contribution < 1.29 is 40.7 Å². The molecule has 2 N–H and O–H groups in total. The van der Waals surface area contributed by atoms with Crippen LogP contribution in [0, 0.1) is 28.8 Å². The molecule has 1 aromatic heterocycles. The van der Waals surface area contributed by atoms with Crippen LogP contribution in [0.1, 0.15) is 48.8 Å². The molecule has 2 amide bonds. The van der Waals surface area contributed by atoms with Crippen LogP contribution in [0.2, 0.25) is 0 Å². The second kappa shape index (κ2) is 14.2. The molecular formula is C31H31F4N7O5S. The highest BCUT2D eigenvalue weighted by Gasteiger charge is 2.47. The number of pyridine rings is 1. The van der Waals surface area contributed by atoms with Crippen molar-refractivity contribution in [2.24, 2.45) is 5.11 Å². The van der Waals surface area contributed by atoms with Gasteiger partial charge in [0.25, 0.3) is 5.91 Å². The number of hydrogen-bond acceptors (Lipinski definition) is 8. The number of halogens is 4. The molecule has 254 valence electrons. The standard InChI is InChI=1S/C31H31F4N7O5S/c1-17-15-41(31(44)45)16-23(42(17)48(46,47)24-7-8-24)6-9-25-26(35)13-37-14-27(25)38-30(43)29(39-40-36)28(18-2-4-20(32)5-3-18)19-10-21(33)12-22(34)11-19/h2-5,10-14,17,23-24,28-29,36H,6-9,15-16H2,1H3,(H-,38,43,44,45)/t17?,23?,28-,29-/m0/s1. The summed E-state index contributed by atoms with van der Waals surface area (Å²) in [5.74, 6) is -5.68. The van der Waals surface area contributed by atoms with E-state index in [0.29, 0.717) is 18.9 Å². The van der Waals surface area contributed by atoms with Crippen molar-refractivity contribution in [2.75, 3.05) is 18.4 Å². The van der Waals surface area contributed by atoms with Gasteiger partial charge in [-0.15, -0.1) is 0 Å². The van der Waals surface area contributed by atoms with E-state index in [2.05, 4.69) is 20.3 Å². The second-order valence-electron chi connectivity index (χ2n) is 11.8. The molecule has 1 aliphatic carbocycles. The van der Waals surface area contributed by atoms with Crippen molar-refractivity contribution in [2.45, 2.75) is 61.9 Å². The van der Waals surface area contributed by atoms with Crippen molar-refractivity contribution in [1.29, 1.82) is 5.53 Å². The molecule has 2 fully saturated rings. The van der Waals surface area contributed by atoms with E-state index in [9.17, 15) is 36.3 Å². The summed E-state index contributed by atoms with van der Waals surface area (Å²) in [6, 6.07) is 3.97. The molecule has 2 heterocycles. The van der Waals surface area contributed by atoms with Gasteiger partial charge in [0.05, 0.1) is 23.3 Å². The van der Waals surface area contributed by atoms with Gasteiger partial charge in [0.1, 0.15) is 40.0 Å². The van der Waals surface area contributed by atoms with Crippen LogP contribution in [0.5, 0.6) is 0 Å². The number of benzene rings is 2. The summed E-state index contributed by atoms with van der Waals surface area (Å²) in [6.45, 7) is 1.29. The minimum absolute atomic E-state index is 0.0412. The third kappa shape index (κ3) is 7.53. The highest BCUT2D eigenvalue weighted by atomic mass is 32.2. The Morgan fingerprint density at radius 2 is 1.71 bits per heavy atom. The minimum Gasteiger partial charge on any atom is -0.530 e. The van der Waals surface area contributed by atoms with Crippen molar-refractivity contribution in [3.8, 4) is 0 Å². The van der Waals surface area contributed by atoms with Crippen LogP contribution in [0.25, 0.3) is 0 Å². The van der Waals surface area contributed by atoms with E-state index in [4.69, 9.17) is 5.53 Å². The molecule has 0 bridgehead atoms. The third-order valence-electron chi connectivity index (χ3n) is 8.44. The van der Waals surface area contributed by atoms with Crippen molar-refractivity contribution in [3.63, 3.8) is 0 Å². The van der Waals surface area contributed by atoms with Gasteiger partial charge < -0.3 is 20.1 Å². The summed E-state index contributed by atoms with van der Waals surface area (Å²) in [4.78, 5) is 33.3. The van der Waals surface area contributed by atoms with Gasteiger partial charge in [0.15, 0.2) is 0 Å². The topological polar surface area (TPSA) is 173 Å². The van der Waals surface area contributed by atoms with Crippen molar-refractivity contribution in [3.05, 3.63) is 94.8 Å². The average molecular weight is 690 g/mol. The molecule has 1 saturated carbocycles. The number of carboxylic acid groups (broad SMARTS) is 1. The van der Waals surface area contributed by atoms with Gasteiger partial charge in [0.2, 0.25) is 21.0 Å². The quantitative estimate of drug-likeness (QED) is 0.177. The van der Waals surface area contributed by atoms with Crippen LogP contribution in [0.4, 0.5) is 28.0 Å². The molecule has 2 aliphatic rings. The fourth-order valence-electron chi connectivity index (χ4n) is 6.19. The lowest BCUT2D eigenvalue weighted by atomic mass is 9.84. The van der Waals surface area contributed by atoms with Gasteiger partial charge in [-0.1, -0.05) is 12.1 Å². The van der Waals surface area contributed by atoms with E-state index in [-0.39, 0.29) is 48.3 Å². The molecule has 12 nitrogen and oxygen atoms in total. The summed E-state index contributed by atoms with van der Waals surface area (Å²) in [5.41, 5.74) is 7.25. The highest BCUT2D eigenvalue weighted by Crippen LogP contribution is 2.36. The number of nitrogens with zero attached hydrogens (tertiary/aromatic N) is 5. The number of carbonyl (C=O) groups excluding carboxylic acids is 2. The highest BCUT2D eigenvalue weighted by molar-refractivity contribution is 7.90. The zero-order valence-electron chi connectivity index (χ0n) is 25.5. The number of aromatic nitrogens is 1. The molecule has 2 aromatic carbocycles. The Hall–Kier alpha value is -4.73. The lowest BCUT2D eigenvalue weighted by Gasteiger charge is -2.45. The largest absolute Gasteiger partial charge is 0.530 e. The van der Waals surface area contributed by atoms with E-state index < -0.39 is 74.6 Å². The number of amides is 2. The predicted octanol–water partition coefficient (Wildman–Crippen LogP) is 3.47. The fraction of sp³-hybridized carbons (Fsp3) is 0.387. The molecule has 3 aromatic rings. The first-order valence-corrected chi connectivity index (χ1v) is 16.5. The maximum absolute atomic E-state index is 15.3. The minimum atomic E-state index is -3.77. The molecule has 0 radical (unpaired) electrons. The predicted molar refractivity (Wildman–Crippen MR) is 161 cm³/mol. The average Bonchev–Trinajstić information content (AvgIpc) is 3.87. The summed E-state index contributed by atoms with van der Waals surface area (Å²) in [5, 5.41) is 17.4. The monoisotopic (exact) mass is 689 g/mol. The molecule has 5 rings (SSSR count). The Morgan fingerprint density at radius 3 is 2.31 bits per heavy atom. The van der Waals surface area contributed by atoms with E-state index in [1.165, 1.54) is 16.4 Å². The SMILES string of the molecule is CC1CN(C(=O)[O-])CC(CCc2c(F)cncc2NC(=O)[C@@H](N=[N+]=N)[C@@H](c2ccc(F)cc2)c2cc(F)cc(F)c2)N1S(=O)(=O)C1CC1. The molecule has 2 unspecified atom stereocenters. The summed E-state index contributed by atoms with van der Waals surface area (Å²) >= 11 is 0. The van der Waals surface area contributed by atoms with Gasteiger partial charge in [-0.3, -0.25) is 9.78 Å². The number of sulfonamides is 1. The van der Waals surface area contributed by atoms with Gasteiger partial charge in [-0.2, -0.15) is 4.31 Å². The van der Waals surface area contributed by atoms with Crippen LogP contribution < -0.4 is 15.3 Å². The smallest absolute Gasteiger partial charge is 0.257 e. The second-order valence-corrected chi connectivity index (χ2v) is 13.9. The Labute approximate surface area is 273 Å². The number of carbonyl (C=O) groups is 2. The Balaban J connectivity index is 1.46. The van der Waals surface area contributed by atoms with E-state index >= 15 is 4.39 Å². The van der Waals surface area contributed by atoms with Gasteiger partial charge in [-0.25, -0.2) is 26.0 Å². The maximum atomic E-state index is 15.3. The van der Waals surface area contributed by atoms with Crippen LogP contribution >= 0.6 is 0 Å². The Morgan fingerprint density at radius 1 is 1.04 bits per heavy atom. The number of nitrogens with one attached hydrogen (secondary N) is 2. The van der Waals surface area contributed by atoms with Crippen molar-refractivity contribution >= 4 is 27.7 Å². The molecule has 17 heteroatoms. The lowest BCUT2D eigenvalue weighted by molar-refractivity contribution is -0.268. The molecule has 4 atom stereocenters. The Kier molecular flexibility index (Phi) is 10.2. The van der Waals surface area contributed by atoms with E-state index in [1.54, 1.807) is 6.92 Å². The third-order valence-corrected chi connectivity index (χ3v) is 11.0. The first kappa shape index (κ1) is 34.6. The first-order chi connectivity index (χ1) is 22.8. The molecule has 1 aliphatic heterocycles. The number of hydrogen-bond donors (Lipinski definition) is 2. The van der Waals surface area contributed by atoms with Crippen LogP contribution in [0.3, 0.4) is 0 Å². The van der Waals surface area contributed by atoms with E-state index in [0.717, 1.165) is 41.6 Å². The van der Waals surface area contributed by atoms with Crippen LogP contribution in [0.15, 0.2) is 60.0 Å². The molecular weight excluding hydrogens is 658 g/mol. The number of rotatable bonds is 11. The number of piperazine rings is 1. The molecule has 48 heavy (non-hydrogen) atoms. The zero-order valence-corrected chi connectivity index (χ0v) is 26.3. The van der Waals surface area contributed by atoms with Gasteiger partial charge >= 0.3 is 0 Å².